The highest BCUT2D eigenvalue weighted by Crippen LogP contribution is 2.45. The van der Waals surface area contributed by atoms with E-state index in [1.54, 1.807) is 20.2 Å². The van der Waals surface area contributed by atoms with Crippen molar-refractivity contribution in [2.45, 2.75) is 38.5 Å². The molecule has 6 nitrogen and oxygen atoms in total. The summed E-state index contributed by atoms with van der Waals surface area (Å²) in [6, 6.07) is 13.4. The zero-order valence-corrected chi connectivity index (χ0v) is 18.0. The molecule has 6 heteroatoms. The maximum atomic E-state index is 13.5. The molecule has 0 unspecified atom stereocenters. The maximum absolute atomic E-state index is 13.5. The molecule has 0 spiro atoms. The maximum Gasteiger partial charge on any atom is 0.336 e. The number of hydrogen-bond acceptors (Lipinski definition) is 6. The van der Waals surface area contributed by atoms with Crippen LogP contribution in [0, 0.1) is 0 Å². The number of aromatic nitrogens is 1. The molecule has 0 saturated carbocycles. The van der Waals surface area contributed by atoms with E-state index < -0.39 is 11.9 Å². The van der Waals surface area contributed by atoms with Crippen LogP contribution in [-0.2, 0) is 14.3 Å². The molecule has 2 heterocycles. The molecule has 1 aliphatic heterocycles. The Bertz CT molecular complexity index is 1070. The number of esters is 1. The van der Waals surface area contributed by atoms with E-state index in [1.165, 1.54) is 0 Å². The van der Waals surface area contributed by atoms with E-state index in [4.69, 9.17) is 9.47 Å². The Morgan fingerprint density at radius 2 is 2.03 bits per heavy atom. The number of pyridine rings is 1. The van der Waals surface area contributed by atoms with Gasteiger partial charge in [0.05, 0.1) is 30.9 Å². The number of benzene rings is 1. The van der Waals surface area contributed by atoms with Gasteiger partial charge >= 0.3 is 5.97 Å². The molecule has 0 fully saturated rings. The normalized spacial score (nSPS) is 20.8. The molecule has 0 saturated heterocycles. The monoisotopic (exact) mass is 418 g/mol. The summed E-state index contributed by atoms with van der Waals surface area (Å²) in [6.07, 6.45) is 2.72. The summed E-state index contributed by atoms with van der Waals surface area (Å²) in [5.41, 5.74) is 4.36. The molecule has 160 valence electrons. The lowest BCUT2D eigenvalue weighted by atomic mass is 9.73. The molecule has 2 atom stereocenters. The number of carbonyl (C=O) groups is 2. The summed E-state index contributed by atoms with van der Waals surface area (Å²) in [6.45, 7) is 3.89. The van der Waals surface area contributed by atoms with Gasteiger partial charge in [-0.2, -0.15) is 0 Å². The van der Waals surface area contributed by atoms with Gasteiger partial charge in [-0.1, -0.05) is 18.2 Å². The van der Waals surface area contributed by atoms with Gasteiger partial charge in [-0.3, -0.25) is 9.78 Å². The predicted molar refractivity (Wildman–Crippen MR) is 116 cm³/mol. The lowest BCUT2D eigenvalue weighted by Crippen LogP contribution is -2.36. The number of carbonyl (C=O) groups excluding carboxylic acids is 2. The summed E-state index contributed by atoms with van der Waals surface area (Å²) < 4.78 is 10.7. The van der Waals surface area contributed by atoms with Crippen molar-refractivity contribution in [3.8, 4) is 5.75 Å². The van der Waals surface area contributed by atoms with E-state index in [0.717, 1.165) is 17.0 Å². The highest BCUT2D eigenvalue weighted by molar-refractivity contribution is 6.04. The number of rotatable bonds is 5. The Kier molecular flexibility index (Phi) is 5.89. The predicted octanol–water partition coefficient (Wildman–Crippen LogP) is 4.01. The molecule has 1 aliphatic carbocycles. The van der Waals surface area contributed by atoms with Crippen molar-refractivity contribution in [1.82, 2.24) is 10.3 Å². The van der Waals surface area contributed by atoms with Crippen LogP contribution in [-0.4, -0.2) is 30.5 Å². The Balaban J connectivity index is 1.77. The van der Waals surface area contributed by atoms with Crippen molar-refractivity contribution in [3.05, 3.63) is 82.5 Å². The Hall–Kier alpha value is -3.41. The fraction of sp³-hybridized carbons (Fsp3) is 0.320. The molecule has 1 aromatic carbocycles. The molecule has 0 bridgehead atoms. The van der Waals surface area contributed by atoms with Crippen molar-refractivity contribution in [2.24, 2.45) is 0 Å². The second kappa shape index (κ2) is 8.76. The quantitative estimate of drug-likeness (QED) is 0.739. The zero-order chi connectivity index (χ0) is 22.0. The number of ketones is 1. The van der Waals surface area contributed by atoms with E-state index >= 15 is 0 Å². The standard InChI is InChI=1S/C25H26N2O4/c1-4-31-25(29)22-15(2)27-20-13-17(16-8-7-9-18(12-16)30-3)14-21(28)23(20)24(22)19-10-5-6-11-26-19/h5-12,17,24,27H,4,13-14H2,1-3H3/t17-,24-/m0/s1. The molecule has 2 aliphatic rings. The van der Waals surface area contributed by atoms with Crippen LogP contribution in [0.15, 0.2) is 71.2 Å². The number of nitrogens with one attached hydrogen (secondary N) is 1. The van der Waals surface area contributed by atoms with Gasteiger partial charge in [-0.25, -0.2) is 4.79 Å². The van der Waals surface area contributed by atoms with E-state index in [0.29, 0.717) is 35.4 Å². The zero-order valence-electron chi connectivity index (χ0n) is 18.0. The Morgan fingerprint density at radius 3 is 2.74 bits per heavy atom. The smallest absolute Gasteiger partial charge is 0.336 e. The van der Waals surface area contributed by atoms with Crippen molar-refractivity contribution in [2.75, 3.05) is 13.7 Å². The van der Waals surface area contributed by atoms with Gasteiger partial charge in [-0.05, 0) is 56.0 Å². The van der Waals surface area contributed by atoms with Crippen molar-refractivity contribution < 1.29 is 19.1 Å². The van der Waals surface area contributed by atoms with Gasteiger partial charge in [0.1, 0.15) is 5.75 Å². The summed E-state index contributed by atoms with van der Waals surface area (Å²) in [7, 11) is 1.64. The van der Waals surface area contributed by atoms with Gasteiger partial charge in [0.15, 0.2) is 5.78 Å². The van der Waals surface area contributed by atoms with Gasteiger partial charge in [-0.15, -0.1) is 0 Å². The molecule has 1 aromatic heterocycles. The Morgan fingerprint density at radius 1 is 1.19 bits per heavy atom. The molecule has 31 heavy (non-hydrogen) atoms. The summed E-state index contributed by atoms with van der Waals surface area (Å²) in [5.74, 6) is -0.122. The fourth-order valence-electron chi connectivity index (χ4n) is 4.49. The molecule has 0 amide bonds. The summed E-state index contributed by atoms with van der Waals surface area (Å²) in [5, 5.41) is 3.34. The highest BCUT2D eigenvalue weighted by Gasteiger charge is 2.42. The summed E-state index contributed by atoms with van der Waals surface area (Å²) >= 11 is 0. The second-order valence-electron chi connectivity index (χ2n) is 7.77. The highest BCUT2D eigenvalue weighted by atomic mass is 16.5. The third-order valence-corrected chi connectivity index (χ3v) is 5.87. The lowest BCUT2D eigenvalue weighted by Gasteiger charge is -2.36. The Labute approximate surface area is 182 Å². The van der Waals surface area contributed by atoms with Crippen LogP contribution in [0.4, 0.5) is 0 Å². The molecular weight excluding hydrogens is 392 g/mol. The number of nitrogens with zero attached hydrogens (tertiary/aromatic N) is 1. The third-order valence-electron chi connectivity index (χ3n) is 5.87. The van der Waals surface area contributed by atoms with Crippen LogP contribution in [0.2, 0.25) is 0 Å². The second-order valence-corrected chi connectivity index (χ2v) is 7.77. The van der Waals surface area contributed by atoms with Crippen LogP contribution in [0.25, 0.3) is 0 Å². The van der Waals surface area contributed by atoms with Gasteiger partial charge in [0, 0.05) is 29.6 Å². The topological polar surface area (TPSA) is 77.5 Å². The van der Waals surface area contributed by atoms with Crippen LogP contribution < -0.4 is 10.1 Å². The first kappa shape index (κ1) is 20.8. The van der Waals surface area contributed by atoms with Crippen LogP contribution in [0.3, 0.4) is 0 Å². The van der Waals surface area contributed by atoms with Crippen molar-refractivity contribution in [1.29, 1.82) is 0 Å². The molecule has 1 N–H and O–H groups in total. The average molecular weight is 418 g/mol. The minimum atomic E-state index is -0.532. The number of hydrogen-bond donors (Lipinski definition) is 1. The van der Waals surface area contributed by atoms with Gasteiger partial charge in [0.2, 0.25) is 0 Å². The number of ether oxygens (including phenoxy) is 2. The first-order valence-corrected chi connectivity index (χ1v) is 10.5. The van der Waals surface area contributed by atoms with E-state index in [-0.39, 0.29) is 18.3 Å². The first-order chi connectivity index (χ1) is 15.0. The van der Waals surface area contributed by atoms with E-state index in [9.17, 15) is 9.59 Å². The van der Waals surface area contributed by atoms with Crippen LogP contribution >= 0.6 is 0 Å². The number of Topliss-reactive ketones (excluding diaryl/α,β-unsaturated/α-hetero) is 1. The minimum absolute atomic E-state index is 0.0199. The SMILES string of the molecule is CCOC(=O)C1=C(C)NC2=C(C(=O)C[C@@H](c3cccc(OC)c3)C2)[C@H]1c1ccccn1. The van der Waals surface area contributed by atoms with Crippen molar-refractivity contribution in [3.63, 3.8) is 0 Å². The molecule has 2 aromatic rings. The first-order valence-electron chi connectivity index (χ1n) is 10.5. The van der Waals surface area contributed by atoms with Crippen molar-refractivity contribution >= 4 is 11.8 Å². The third kappa shape index (κ3) is 3.98. The summed E-state index contributed by atoms with van der Waals surface area (Å²) in [4.78, 5) is 30.8. The number of dihydropyridines is 1. The molecular formula is C25H26N2O4. The lowest BCUT2D eigenvalue weighted by molar-refractivity contribution is -0.138. The van der Waals surface area contributed by atoms with Crippen LogP contribution in [0.5, 0.6) is 5.75 Å². The fourth-order valence-corrected chi connectivity index (χ4v) is 4.49. The molecule has 0 radical (unpaired) electrons. The minimum Gasteiger partial charge on any atom is -0.497 e. The average Bonchev–Trinajstić information content (AvgIpc) is 2.78. The van der Waals surface area contributed by atoms with Gasteiger partial charge in [0.25, 0.3) is 0 Å². The molecule has 4 rings (SSSR count). The van der Waals surface area contributed by atoms with Gasteiger partial charge < -0.3 is 14.8 Å². The van der Waals surface area contributed by atoms with E-state index in [1.807, 2.05) is 49.4 Å². The largest absolute Gasteiger partial charge is 0.497 e. The van der Waals surface area contributed by atoms with Crippen LogP contribution in [0.1, 0.15) is 49.8 Å². The van der Waals surface area contributed by atoms with E-state index in [2.05, 4.69) is 10.3 Å². The number of allylic oxidation sites excluding steroid dienone is 3. The number of methoxy groups -OCH3 is 1.